The summed E-state index contributed by atoms with van der Waals surface area (Å²) in [4.78, 5) is 0. The van der Waals surface area contributed by atoms with E-state index in [2.05, 4.69) is 77.8 Å². The lowest BCUT2D eigenvalue weighted by Crippen LogP contribution is -2.45. The van der Waals surface area contributed by atoms with Crippen LogP contribution < -0.4 is 19.8 Å². The highest BCUT2D eigenvalue weighted by Crippen LogP contribution is 2.38. The van der Waals surface area contributed by atoms with Crippen LogP contribution in [0.4, 0.5) is 0 Å². The quantitative estimate of drug-likeness (QED) is 0.482. The van der Waals surface area contributed by atoms with E-state index in [1.165, 1.54) is 18.4 Å². The first-order chi connectivity index (χ1) is 8.55. The first kappa shape index (κ1) is 15.8. The van der Waals surface area contributed by atoms with Gasteiger partial charge in [-0.15, -0.1) is 0 Å². The van der Waals surface area contributed by atoms with E-state index in [-0.39, 0.29) is 0 Å². The van der Waals surface area contributed by atoms with Crippen LogP contribution in [0.25, 0.3) is 0 Å². The number of hydrogen-bond acceptors (Lipinski definition) is 2. The van der Waals surface area contributed by atoms with Crippen LogP contribution >= 0.6 is 38.5 Å². The number of rotatable bonds is 2. The van der Waals surface area contributed by atoms with Gasteiger partial charge in [-0.05, 0) is 48.9 Å². The summed E-state index contributed by atoms with van der Waals surface area (Å²) in [5, 5.41) is 2.74. The van der Waals surface area contributed by atoms with Gasteiger partial charge in [0.1, 0.15) is 0 Å². The van der Waals surface area contributed by atoms with Gasteiger partial charge in [0.2, 0.25) is 6.79 Å². The van der Waals surface area contributed by atoms with Gasteiger partial charge in [0, 0.05) is 8.04 Å². The largest absolute Gasteiger partial charge is 0.454 e. The van der Waals surface area contributed by atoms with Gasteiger partial charge in [-0.1, -0.05) is 39.3 Å². The predicted molar refractivity (Wildman–Crippen MR) is 98.9 cm³/mol. The zero-order chi connectivity index (χ0) is 14.6. The molecule has 0 fully saturated rings. The average molecular weight is 471 g/mol. The molecule has 0 aromatic heterocycles. The number of ether oxygens (including phenoxy) is 2. The van der Waals surface area contributed by atoms with Crippen molar-refractivity contribution in [2.24, 2.45) is 0 Å². The lowest BCUT2D eigenvalue weighted by atomic mass is 10.3. The molecule has 0 amide bonds. The second-order valence-corrected chi connectivity index (χ2v) is 18.8. The van der Waals surface area contributed by atoms with E-state index in [0.717, 1.165) is 11.5 Å². The van der Waals surface area contributed by atoms with Gasteiger partial charge in [0.15, 0.2) is 11.5 Å². The Hall–Kier alpha value is 0.464. The van der Waals surface area contributed by atoms with Crippen molar-refractivity contribution in [3.8, 4) is 11.5 Å². The summed E-state index contributed by atoms with van der Waals surface area (Å²) in [6, 6.07) is 0. The molecule has 2 rings (SSSR count). The lowest BCUT2D eigenvalue weighted by Gasteiger charge is -2.27. The monoisotopic (exact) mass is 470 g/mol. The third kappa shape index (κ3) is 2.78. The van der Waals surface area contributed by atoms with Crippen molar-refractivity contribution >= 4 is 65.0 Å². The summed E-state index contributed by atoms with van der Waals surface area (Å²) in [6.07, 6.45) is 0. The maximum Gasteiger partial charge on any atom is 0.231 e. The van der Waals surface area contributed by atoms with Crippen LogP contribution in [0.5, 0.6) is 11.5 Å². The van der Waals surface area contributed by atoms with Crippen LogP contribution in [0.3, 0.4) is 0 Å². The second kappa shape index (κ2) is 5.03. The van der Waals surface area contributed by atoms with Crippen molar-refractivity contribution in [3.63, 3.8) is 0 Å². The second-order valence-electron chi connectivity index (χ2n) is 6.94. The van der Waals surface area contributed by atoms with Crippen LogP contribution in [0, 0.1) is 3.57 Å². The Morgan fingerprint density at radius 3 is 1.74 bits per heavy atom. The molecule has 1 aliphatic rings. The van der Waals surface area contributed by atoms with Crippen molar-refractivity contribution < 1.29 is 9.47 Å². The molecular weight excluding hydrogens is 451 g/mol. The van der Waals surface area contributed by atoms with Gasteiger partial charge in [-0.3, -0.25) is 0 Å². The zero-order valence-electron chi connectivity index (χ0n) is 12.3. The van der Waals surface area contributed by atoms with E-state index in [4.69, 9.17) is 9.47 Å². The van der Waals surface area contributed by atoms with Crippen LogP contribution in [-0.4, -0.2) is 22.9 Å². The molecule has 0 bridgehead atoms. The zero-order valence-corrected chi connectivity index (χ0v) is 18.0. The van der Waals surface area contributed by atoms with Gasteiger partial charge < -0.3 is 9.47 Å². The Labute approximate surface area is 139 Å². The van der Waals surface area contributed by atoms with Gasteiger partial charge in [-0.2, -0.15) is 0 Å². The molecule has 1 heterocycles. The molecule has 1 aromatic carbocycles. The standard InChI is InChI=1S/C13H20BrIO2Si2/c1-18(2,3)12-8(14)9(15)13(19(4,5)6)11-10(12)16-7-17-11/h7H2,1-6H3. The minimum absolute atomic E-state index is 0.358. The van der Waals surface area contributed by atoms with E-state index in [9.17, 15) is 0 Å². The van der Waals surface area contributed by atoms with Crippen molar-refractivity contribution in [1.82, 2.24) is 0 Å². The highest BCUT2D eigenvalue weighted by molar-refractivity contribution is 14.1. The molecule has 106 valence electrons. The van der Waals surface area contributed by atoms with Gasteiger partial charge in [-0.25, -0.2) is 0 Å². The molecule has 1 aromatic rings. The molecule has 0 atom stereocenters. The fraction of sp³-hybridized carbons (Fsp3) is 0.538. The lowest BCUT2D eigenvalue weighted by molar-refractivity contribution is 0.175. The maximum atomic E-state index is 5.84. The SMILES string of the molecule is C[Si](C)(C)c1c(Br)c(I)c([Si](C)(C)C)c2c1OCO2. The van der Waals surface area contributed by atoms with Crippen LogP contribution in [0.2, 0.25) is 39.3 Å². The highest BCUT2D eigenvalue weighted by atomic mass is 127. The molecule has 6 heteroatoms. The third-order valence-electron chi connectivity index (χ3n) is 3.20. The van der Waals surface area contributed by atoms with Crippen molar-refractivity contribution in [2.75, 3.05) is 6.79 Å². The van der Waals surface area contributed by atoms with Crippen LogP contribution in [0.1, 0.15) is 0 Å². The molecule has 19 heavy (non-hydrogen) atoms. The summed E-state index contributed by atoms with van der Waals surface area (Å²) >= 11 is 6.29. The molecule has 0 aliphatic carbocycles. The number of benzene rings is 1. The Morgan fingerprint density at radius 1 is 0.895 bits per heavy atom. The Morgan fingerprint density at radius 2 is 1.32 bits per heavy atom. The number of halogens is 2. The number of hydrogen-bond donors (Lipinski definition) is 0. The minimum atomic E-state index is -1.49. The molecule has 0 saturated heterocycles. The smallest absolute Gasteiger partial charge is 0.231 e. The van der Waals surface area contributed by atoms with Crippen molar-refractivity contribution in [3.05, 3.63) is 8.04 Å². The highest BCUT2D eigenvalue weighted by Gasteiger charge is 2.37. The van der Waals surface area contributed by atoms with E-state index in [1.54, 1.807) is 0 Å². The summed E-state index contributed by atoms with van der Waals surface area (Å²) in [5.41, 5.74) is 0. The van der Waals surface area contributed by atoms with Crippen LogP contribution in [-0.2, 0) is 0 Å². The number of fused-ring (bicyclic) bond motifs is 1. The van der Waals surface area contributed by atoms with E-state index < -0.39 is 16.1 Å². The Balaban J connectivity index is 2.85. The topological polar surface area (TPSA) is 18.5 Å². The summed E-state index contributed by atoms with van der Waals surface area (Å²) in [7, 11) is -2.96. The summed E-state index contributed by atoms with van der Waals surface area (Å²) < 4.78 is 14.2. The van der Waals surface area contributed by atoms with E-state index in [0.29, 0.717) is 6.79 Å². The molecular formula is C13H20BrIO2Si2. The fourth-order valence-electron chi connectivity index (χ4n) is 2.41. The molecule has 0 unspecified atom stereocenters. The maximum absolute atomic E-state index is 5.84. The molecule has 0 spiro atoms. The van der Waals surface area contributed by atoms with Gasteiger partial charge in [0.05, 0.1) is 16.1 Å². The van der Waals surface area contributed by atoms with Crippen molar-refractivity contribution in [2.45, 2.75) is 39.3 Å². The van der Waals surface area contributed by atoms with E-state index in [1.807, 2.05) is 0 Å². The summed E-state index contributed by atoms with van der Waals surface area (Å²) in [5.74, 6) is 2.02. The third-order valence-corrected chi connectivity index (χ3v) is 10.6. The van der Waals surface area contributed by atoms with Gasteiger partial charge in [0.25, 0.3) is 0 Å². The van der Waals surface area contributed by atoms with E-state index >= 15 is 0 Å². The molecule has 0 N–H and O–H groups in total. The molecule has 1 aliphatic heterocycles. The van der Waals surface area contributed by atoms with Gasteiger partial charge >= 0.3 is 0 Å². The fourth-order valence-corrected chi connectivity index (χ4v) is 11.3. The Bertz CT molecular complexity index is 486. The molecule has 2 nitrogen and oxygen atoms in total. The molecule has 0 radical (unpaired) electrons. The predicted octanol–water partition coefficient (Wildman–Crippen LogP) is 3.87. The first-order valence-corrected chi connectivity index (χ1v) is 15.2. The molecule has 0 saturated carbocycles. The normalized spacial score (nSPS) is 14.9. The average Bonchev–Trinajstić information content (AvgIpc) is 2.62. The Kier molecular flexibility index (Phi) is 4.19. The van der Waals surface area contributed by atoms with Crippen LogP contribution in [0.15, 0.2) is 4.47 Å². The van der Waals surface area contributed by atoms with Crippen molar-refractivity contribution in [1.29, 1.82) is 0 Å². The first-order valence-electron chi connectivity index (χ1n) is 6.36. The summed E-state index contributed by atoms with van der Waals surface area (Å²) in [6.45, 7) is 14.5. The minimum Gasteiger partial charge on any atom is -0.454 e.